The van der Waals surface area contributed by atoms with E-state index in [1.807, 2.05) is 18.4 Å². The molecule has 1 saturated heterocycles. The SMILES string of the molecule is CO[C@@H]1CCC[C@]12CCCN(Cc1nc3ccccc3s1)C2. The van der Waals surface area contributed by atoms with Gasteiger partial charge in [-0.05, 0) is 44.4 Å². The Morgan fingerprint density at radius 2 is 2.18 bits per heavy atom. The minimum Gasteiger partial charge on any atom is -0.381 e. The average Bonchev–Trinajstić information content (AvgIpc) is 3.10. The van der Waals surface area contributed by atoms with Crippen LogP contribution < -0.4 is 0 Å². The molecule has 2 aromatic rings. The van der Waals surface area contributed by atoms with E-state index in [1.54, 1.807) is 0 Å². The van der Waals surface area contributed by atoms with Gasteiger partial charge >= 0.3 is 0 Å². The van der Waals surface area contributed by atoms with Gasteiger partial charge in [0.2, 0.25) is 0 Å². The van der Waals surface area contributed by atoms with E-state index < -0.39 is 0 Å². The predicted octanol–water partition coefficient (Wildman–Crippen LogP) is 4.08. The van der Waals surface area contributed by atoms with Crippen LogP contribution in [0.25, 0.3) is 10.2 Å². The zero-order valence-electron chi connectivity index (χ0n) is 13.3. The molecule has 2 fully saturated rings. The highest BCUT2D eigenvalue weighted by atomic mass is 32.1. The van der Waals surface area contributed by atoms with Crippen LogP contribution in [0, 0.1) is 5.41 Å². The standard InChI is InChI=1S/C18H24N2OS/c1-21-16-8-4-9-18(16)10-5-11-20(13-18)12-17-19-14-6-2-3-7-15(14)22-17/h2-3,6-7,16H,4-5,8-13H2,1H3/t16-,18-/m1/s1. The van der Waals surface area contributed by atoms with E-state index in [4.69, 9.17) is 9.72 Å². The number of fused-ring (bicyclic) bond motifs is 1. The van der Waals surface area contributed by atoms with Crippen molar-refractivity contribution in [1.29, 1.82) is 0 Å². The van der Waals surface area contributed by atoms with Crippen LogP contribution >= 0.6 is 11.3 Å². The quantitative estimate of drug-likeness (QED) is 0.853. The lowest BCUT2D eigenvalue weighted by Crippen LogP contribution is -2.47. The van der Waals surface area contributed by atoms with Crippen LogP contribution in [0.5, 0.6) is 0 Å². The molecule has 0 amide bonds. The monoisotopic (exact) mass is 316 g/mol. The fourth-order valence-corrected chi connectivity index (χ4v) is 5.52. The van der Waals surface area contributed by atoms with Crippen molar-refractivity contribution < 1.29 is 4.74 Å². The number of ether oxygens (including phenoxy) is 1. The summed E-state index contributed by atoms with van der Waals surface area (Å²) >= 11 is 1.84. The Balaban J connectivity index is 1.50. The molecular formula is C18H24N2OS. The molecule has 1 aliphatic carbocycles. The summed E-state index contributed by atoms with van der Waals surface area (Å²) in [5.41, 5.74) is 1.55. The number of hydrogen-bond acceptors (Lipinski definition) is 4. The van der Waals surface area contributed by atoms with Crippen molar-refractivity contribution in [1.82, 2.24) is 9.88 Å². The molecule has 1 aliphatic heterocycles. The van der Waals surface area contributed by atoms with Gasteiger partial charge in [0.1, 0.15) is 5.01 Å². The number of aromatic nitrogens is 1. The highest BCUT2D eigenvalue weighted by molar-refractivity contribution is 7.18. The molecule has 22 heavy (non-hydrogen) atoms. The van der Waals surface area contributed by atoms with Gasteiger partial charge in [-0.2, -0.15) is 0 Å². The Morgan fingerprint density at radius 1 is 1.32 bits per heavy atom. The summed E-state index contributed by atoms with van der Waals surface area (Å²) in [5, 5.41) is 1.25. The minimum absolute atomic E-state index is 0.406. The summed E-state index contributed by atoms with van der Waals surface area (Å²) in [6.45, 7) is 3.38. The summed E-state index contributed by atoms with van der Waals surface area (Å²) in [7, 11) is 1.89. The molecule has 3 nitrogen and oxygen atoms in total. The van der Waals surface area contributed by atoms with Gasteiger partial charge in [0.15, 0.2) is 0 Å². The fourth-order valence-electron chi connectivity index (χ4n) is 4.51. The largest absolute Gasteiger partial charge is 0.381 e. The van der Waals surface area contributed by atoms with Gasteiger partial charge in [-0.25, -0.2) is 4.98 Å². The summed E-state index contributed by atoms with van der Waals surface area (Å²) in [6, 6.07) is 8.46. The summed E-state index contributed by atoms with van der Waals surface area (Å²) in [4.78, 5) is 7.42. The zero-order chi connectivity index (χ0) is 15.0. The third kappa shape index (κ3) is 2.57. The molecule has 118 valence electrons. The molecule has 4 rings (SSSR count). The molecule has 0 unspecified atom stereocenters. The number of hydrogen-bond donors (Lipinski definition) is 0. The van der Waals surface area contributed by atoms with Gasteiger partial charge in [-0.15, -0.1) is 11.3 Å². The molecule has 2 aliphatic rings. The average molecular weight is 316 g/mol. The molecule has 4 heteroatoms. The van der Waals surface area contributed by atoms with Crippen molar-refractivity contribution in [3.05, 3.63) is 29.3 Å². The third-order valence-electron chi connectivity index (χ3n) is 5.49. The lowest BCUT2D eigenvalue weighted by atomic mass is 9.76. The maximum absolute atomic E-state index is 5.81. The number of piperidine rings is 1. The Labute approximate surface area is 136 Å². The summed E-state index contributed by atoms with van der Waals surface area (Å²) in [5.74, 6) is 0. The highest BCUT2D eigenvalue weighted by Crippen LogP contribution is 2.46. The molecule has 0 N–H and O–H groups in total. The lowest BCUT2D eigenvalue weighted by Gasteiger charge is -2.43. The maximum Gasteiger partial charge on any atom is 0.108 e. The number of methoxy groups -OCH3 is 1. The Kier molecular flexibility index (Phi) is 3.93. The number of benzene rings is 1. The molecule has 2 atom stereocenters. The number of thiazole rings is 1. The van der Waals surface area contributed by atoms with Crippen LogP contribution in [0.4, 0.5) is 0 Å². The van der Waals surface area contributed by atoms with Crippen molar-refractivity contribution in [3.8, 4) is 0 Å². The second kappa shape index (κ2) is 5.91. The van der Waals surface area contributed by atoms with Crippen LogP contribution in [0.2, 0.25) is 0 Å². The van der Waals surface area contributed by atoms with Gasteiger partial charge in [0, 0.05) is 19.1 Å². The second-order valence-electron chi connectivity index (χ2n) is 6.87. The molecule has 1 aromatic carbocycles. The first-order valence-electron chi connectivity index (χ1n) is 8.39. The molecule has 0 bridgehead atoms. The van der Waals surface area contributed by atoms with Crippen molar-refractivity contribution in [3.63, 3.8) is 0 Å². The smallest absolute Gasteiger partial charge is 0.108 e. The van der Waals surface area contributed by atoms with E-state index in [-0.39, 0.29) is 0 Å². The first-order chi connectivity index (χ1) is 10.8. The minimum atomic E-state index is 0.406. The van der Waals surface area contributed by atoms with E-state index in [0.29, 0.717) is 11.5 Å². The van der Waals surface area contributed by atoms with E-state index in [1.165, 1.54) is 54.9 Å². The Bertz CT molecular complexity index is 622. The third-order valence-corrected chi connectivity index (χ3v) is 6.51. The molecule has 1 saturated carbocycles. The van der Waals surface area contributed by atoms with Crippen molar-refractivity contribution in [2.24, 2.45) is 5.41 Å². The highest BCUT2D eigenvalue weighted by Gasteiger charge is 2.45. The molecule has 1 spiro atoms. The Morgan fingerprint density at radius 3 is 3.05 bits per heavy atom. The zero-order valence-corrected chi connectivity index (χ0v) is 14.1. The van der Waals surface area contributed by atoms with Gasteiger partial charge in [-0.3, -0.25) is 4.90 Å². The van der Waals surface area contributed by atoms with Gasteiger partial charge < -0.3 is 4.74 Å². The predicted molar refractivity (Wildman–Crippen MR) is 91.2 cm³/mol. The van der Waals surface area contributed by atoms with Crippen molar-refractivity contribution in [2.75, 3.05) is 20.2 Å². The van der Waals surface area contributed by atoms with E-state index in [0.717, 1.165) is 12.1 Å². The van der Waals surface area contributed by atoms with Crippen LogP contribution in [0.3, 0.4) is 0 Å². The molecule has 2 heterocycles. The second-order valence-corrected chi connectivity index (χ2v) is 7.98. The van der Waals surface area contributed by atoms with E-state index in [2.05, 4.69) is 29.2 Å². The number of para-hydroxylation sites is 1. The van der Waals surface area contributed by atoms with Gasteiger partial charge in [-0.1, -0.05) is 18.6 Å². The Hall–Kier alpha value is -0.970. The molecule has 1 aromatic heterocycles. The van der Waals surface area contributed by atoms with Crippen LogP contribution in [-0.2, 0) is 11.3 Å². The summed E-state index contributed by atoms with van der Waals surface area (Å²) < 4.78 is 7.12. The van der Waals surface area contributed by atoms with E-state index in [9.17, 15) is 0 Å². The maximum atomic E-state index is 5.81. The number of rotatable bonds is 3. The molecule has 0 radical (unpaired) electrons. The van der Waals surface area contributed by atoms with Gasteiger partial charge in [0.25, 0.3) is 0 Å². The topological polar surface area (TPSA) is 25.4 Å². The van der Waals surface area contributed by atoms with Crippen LogP contribution in [0.1, 0.15) is 37.1 Å². The van der Waals surface area contributed by atoms with Crippen LogP contribution in [0.15, 0.2) is 24.3 Å². The van der Waals surface area contributed by atoms with E-state index >= 15 is 0 Å². The fraction of sp³-hybridized carbons (Fsp3) is 0.611. The first kappa shape index (κ1) is 14.6. The number of likely N-dealkylation sites (tertiary alicyclic amines) is 1. The van der Waals surface area contributed by atoms with Crippen molar-refractivity contribution >= 4 is 21.6 Å². The first-order valence-corrected chi connectivity index (χ1v) is 9.20. The van der Waals surface area contributed by atoms with Gasteiger partial charge in [0.05, 0.1) is 22.9 Å². The normalized spacial score (nSPS) is 29.6. The molecular weight excluding hydrogens is 292 g/mol. The number of nitrogens with zero attached hydrogens (tertiary/aromatic N) is 2. The summed E-state index contributed by atoms with van der Waals surface area (Å²) in [6.07, 6.45) is 7.00. The van der Waals surface area contributed by atoms with Crippen molar-refractivity contribution in [2.45, 2.75) is 44.8 Å². The van der Waals surface area contributed by atoms with Crippen LogP contribution in [-0.4, -0.2) is 36.2 Å². The lowest BCUT2D eigenvalue weighted by molar-refractivity contribution is -0.0366.